The number of carbonyl (C=O) groups is 4. The lowest BCUT2D eigenvalue weighted by Gasteiger charge is -2.21. The van der Waals surface area contributed by atoms with Gasteiger partial charge in [0.1, 0.15) is 19.3 Å². The number of hydrogen-bond acceptors (Lipinski definition) is 15. The summed E-state index contributed by atoms with van der Waals surface area (Å²) in [6.07, 6.45) is 54.2. The zero-order valence-corrected chi connectivity index (χ0v) is 64.6. The first kappa shape index (κ1) is 94.1. The van der Waals surface area contributed by atoms with Crippen LogP contribution in [0.4, 0.5) is 0 Å². The predicted octanol–water partition coefficient (Wildman–Crippen LogP) is 22.6. The molecule has 0 spiro atoms. The molecule has 0 aliphatic carbocycles. The number of ether oxygens (including phenoxy) is 4. The van der Waals surface area contributed by atoms with Crippen LogP contribution < -0.4 is 0 Å². The van der Waals surface area contributed by atoms with E-state index in [4.69, 9.17) is 37.0 Å². The van der Waals surface area contributed by atoms with E-state index in [1.54, 1.807) is 0 Å². The second-order valence-electron chi connectivity index (χ2n) is 28.9. The molecule has 0 saturated carbocycles. The summed E-state index contributed by atoms with van der Waals surface area (Å²) < 4.78 is 68.5. The second-order valence-corrected chi connectivity index (χ2v) is 31.8. The Hall–Kier alpha value is -1.94. The Kier molecular flexibility index (Phi) is 66.2. The molecule has 3 unspecified atom stereocenters. The van der Waals surface area contributed by atoms with Gasteiger partial charge >= 0.3 is 39.5 Å². The molecule has 96 heavy (non-hydrogen) atoms. The lowest BCUT2D eigenvalue weighted by atomic mass is 10.00. The summed E-state index contributed by atoms with van der Waals surface area (Å²) in [6, 6.07) is 0. The van der Waals surface area contributed by atoms with Crippen molar-refractivity contribution < 1.29 is 80.2 Å². The van der Waals surface area contributed by atoms with Crippen LogP contribution in [0, 0.1) is 17.8 Å². The van der Waals surface area contributed by atoms with Crippen LogP contribution >= 0.6 is 15.6 Å². The molecule has 0 aromatic heterocycles. The fourth-order valence-electron chi connectivity index (χ4n) is 11.7. The number of aliphatic hydroxyl groups excluding tert-OH is 1. The molecule has 0 amide bonds. The zero-order chi connectivity index (χ0) is 70.9. The lowest BCUT2D eigenvalue weighted by Crippen LogP contribution is -2.30. The Morgan fingerprint density at radius 2 is 0.531 bits per heavy atom. The van der Waals surface area contributed by atoms with E-state index in [-0.39, 0.29) is 25.7 Å². The Morgan fingerprint density at radius 1 is 0.302 bits per heavy atom. The highest BCUT2D eigenvalue weighted by Crippen LogP contribution is 2.45. The maximum atomic E-state index is 13.1. The third kappa shape index (κ3) is 69.2. The molecule has 0 aromatic carbocycles. The van der Waals surface area contributed by atoms with Gasteiger partial charge in [-0.15, -0.1) is 0 Å². The minimum atomic E-state index is -4.96. The highest BCUT2D eigenvalue weighted by Gasteiger charge is 2.30. The maximum absolute atomic E-state index is 13.1. The molecule has 0 aliphatic rings. The number of phosphoric ester groups is 2. The van der Waals surface area contributed by atoms with Crippen molar-refractivity contribution in [2.75, 3.05) is 39.6 Å². The number of carbonyl (C=O) groups excluding carboxylic acids is 4. The van der Waals surface area contributed by atoms with Gasteiger partial charge in [-0.05, 0) is 43.4 Å². The zero-order valence-electron chi connectivity index (χ0n) is 62.8. The minimum Gasteiger partial charge on any atom is -0.462 e. The number of esters is 4. The van der Waals surface area contributed by atoms with E-state index in [1.807, 2.05) is 0 Å². The van der Waals surface area contributed by atoms with Crippen LogP contribution in [0.15, 0.2) is 0 Å². The highest BCUT2D eigenvalue weighted by atomic mass is 31.2. The summed E-state index contributed by atoms with van der Waals surface area (Å²) in [6.45, 7) is 11.9. The van der Waals surface area contributed by atoms with E-state index in [9.17, 15) is 43.2 Å². The summed E-state index contributed by atoms with van der Waals surface area (Å²) in [5, 5.41) is 10.6. The molecule has 0 aromatic rings. The van der Waals surface area contributed by atoms with Gasteiger partial charge in [0.15, 0.2) is 12.2 Å². The molecule has 3 N–H and O–H groups in total. The van der Waals surface area contributed by atoms with Crippen LogP contribution in [0.3, 0.4) is 0 Å². The van der Waals surface area contributed by atoms with E-state index in [2.05, 4.69) is 48.5 Å². The van der Waals surface area contributed by atoms with Crippen LogP contribution in [-0.2, 0) is 65.4 Å². The molecule has 19 heteroatoms. The third-order valence-electron chi connectivity index (χ3n) is 18.2. The molecular formula is C77H150O17P2. The maximum Gasteiger partial charge on any atom is 0.472 e. The van der Waals surface area contributed by atoms with Crippen molar-refractivity contribution in [3.8, 4) is 0 Å². The smallest absolute Gasteiger partial charge is 0.462 e. The predicted molar refractivity (Wildman–Crippen MR) is 391 cm³/mol. The molecule has 17 nitrogen and oxygen atoms in total. The van der Waals surface area contributed by atoms with Crippen LogP contribution in [0.25, 0.3) is 0 Å². The van der Waals surface area contributed by atoms with Crippen molar-refractivity contribution in [3.63, 3.8) is 0 Å². The third-order valence-corrected chi connectivity index (χ3v) is 20.1. The summed E-state index contributed by atoms with van der Waals surface area (Å²) >= 11 is 0. The topological polar surface area (TPSA) is 237 Å². The van der Waals surface area contributed by atoms with Crippen molar-refractivity contribution in [2.24, 2.45) is 17.8 Å². The Bertz CT molecular complexity index is 1870. The van der Waals surface area contributed by atoms with E-state index in [0.29, 0.717) is 25.7 Å². The number of aliphatic hydroxyl groups is 1. The number of rotatable bonds is 75. The number of phosphoric acid groups is 2. The normalized spacial score (nSPS) is 14.3. The van der Waals surface area contributed by atoms with Crippen LogP contribution in [0.1, 0.15) is 395 Å². The molecule has 0 radical (unpaired) electrons. The van der Waals surface area contributed by atoms with Crippen molar-refractivity contribution in [1.82, 2.24) is 0 Å². The van der Waals surface area contributed by atoms with Gasteiger partial charge in [-0.1, -0.05) is 344 Å². The fourth-order valence-corrected chi connectivity index (χ4v) is 13.3. The van der Waals surface area contributed by atoms with Gasteiger partial charge in [0.05, 0.1) is 26.4 Å². The van der Waals surface area contributed by atoms with Crippen molar-refractivity contribution in [3.05, 3.63) is 0 Å². The van der Waals surface area contributed by atoms with Crippen molar-refractivity contribution >= 4 is 39.5 Å². The quantitative estimate of drug-likeness (QED) is 0.0222. The second kappa shape index (κ2) is 67.5. The molecule has 0 saturated heterocycles. The molecular weight excluding hydrogens is 1260 g/mol. The van der Waals surface area contributed by atoms with E-state index >= 15 is 0 Å². The van der Waals surface area contributed by atoms with Gasteiger partial charge in [-0.25, -0.2) is 9.13 Å². The largest absolute Gasteiger partial charge is 0.472 e. The van der Waals surface area contributed by atoms with Crippen molar-refractivity contribution in [2.45, 2.75) is 414 Å². The molecule has 0 heterocycles. The molecule has 0 bridgehead atoms. The fraction of sp³-hybridized carbons (Fsp3) is 0.948. The monoisotopic (exact) mass is 1410 g/mol. The standard InChI is InChI=1S/C77H150O17P2/c1-8-10-11-12-13-14-31-36-44-51-58-74(79)88-65-73(94-77(82)61-54-47-40-39-43-50-57-70(7)9-2)67-92-96(85,86)90-63-71(78)62-89-95(83,84)91-66-72(64-87-75(80)59-52-45-37-32-27-24-23-26-30-35-42-49-56-69(5)6)93-76(81)60-53-46-38-33-28-22-20-18-16-15-17-19-21-25-29-34-41-48-55-68(3)4/h68-73,78H,8-67H2,1-7H3,(H,83,84)(H,85,86)/t70?,71-,72-,73-/m1/s1. The average molecular weight is 1410 g/mol. The van der Waals surface area contributed by atoms with Crippen LogP contribution in [0.5, 0.6) is 0 Å². The molecule has 6 atom stereocenters. The summed E-state index contributed by atoms with van der Waals surface area (Å²) in [5.41, 5.74) is 0. The Labute approximate surface area is 588 Å². The van der Waals surface area contributed by atoms with Gasteiger partial charge in [-0.3, -0.25) is 37.3 Å². The molecule has 0 rings (SSSR count). The van der Waals surface area contributed by atoms with Crippen molar-refractivity contribution in [1.29, 1.82) is 0 Å². The summed E-state index contributed by atoms with van der Waals surface area (Å²) in [5.74, 6) is 0.203. The van der Waals surface area contributed by atoms with E-state index in [1.165, 1.54) is 205 Å². The van der Waals surface area contributed by atoms with Gasteiger partial charge in [0.25, 0.3) is 0 Å². The van der Waals surface area contributed by atoms with Gasteiger partial charge in [-0.2, -0.15) is 0 Å². The first-order valence-corrected chi connectivity index (χ1v) is 42.9. The SMILES string of the molecule is CCCCCCCCCCCCC(=O)OC[C@H](COP(=O)(O)OC[C@H](O)COP(=O)(O)OC[C@@H](COC(=O)CCCCCCCCCCCCCCC(C)C)OC(=O)CCCCCCCCCCCCCCCCCCCCC(C)C)OC(=O)CCCCCCCCC(C)CC. The summed E-state index contributed by atoms with van der Waals surface area (Å²) in [4.78, 5) is 72.8. The first-order valence-electron chi connectivity index (χ1n) is 39.9. The lowest BCUT2D eigenvalue weighted by molar-refractivity contribution is -0.161. The Balaban J connectivity index is 5.20. The van der Waals surface area contributed by atoms with Gasteiger partial charge in [0.2, 0.25) is 0 Å². The minimum absolute atomic E-state index is 0.103. The average Bonchev–Trinajstić information content (AvgIpc) is 1.48. The van der Waals surface area contributed by atoms with Gasteiger partial charge < -0.3 is 33.8 Å². The molecule has 570 valence electrons. The Morgan fingerprint density at radius 3 is 0.792 bits per heavy atom. The number of unbranched alkanes of at least 4 members (excludes halogenated alkanes) is 42. The van der Waals surface area contributed by atoms with E-state index in [0.717, 1.165) is 108 Å². The van der Waals surface area contributed by atoms with Gasteiger partial charge in [0, 0.05) is 25.7 Å². The first-order chi connectivity index (χ1) is 46.3. The van der Waals surface area contributed by atoms with Crippen LogP contribution in [-0.4, -0.2) is 96.7 Å². The highest BCUT2D eigenvalue weighted by molar-refractivity contribution is 7.47. The molecule has 0 fully saturated rings. The van der Waals surface area contributed by atoms with Crippen LogP contribution in [0.2, 0.25) is 0 Å². The summed E-state index contributed by atoms with van der Waals surface area (Å²) in [7, 11) is -9.91. The van der Waals surface area contributed by atoms with E-state index < -0.39 is 97.5 Å². The molecule has 0 aliphatic heterocycles. The number of hydrogen-bond donors (Lipinski definition) is 3.